The molecule has 3 aliphatic carbocycles. The molecule has 3 nitrogen and oxygen atoms in total. The fraction of sp³-hybridized carbons (Fsp3) is 0.929. The first-order valence-corrected chi connectivity index (χ1v) is 7.27. The second kappa shape index (κ2) is 4.27. The second-order valence-electron chi connectivity index (χ2n) is 5.96. The summed E-state index contributed by atoms with van der Waals surface area (Å²) in [5, 5.41) is 3.52. The summed E-state index contributed by atoms with van der Waals surface area (Å²) in [6.07, 6.45) is 4.39. The lowest BCUT2D eigenvalue weighted by atomic mass is 10.0. The minimum atomic E-state index is 0.271. The number of nitrogens with one attached hydrogen (secondary N) is 1. The third-order valence-electron chi connectivity index (χ3n) is 5.34. The van der Waals surface area contributed by atoms with E-state index < -0.39 is 0 Å². The van der Waals surface area contributed by atoms with Crippen LogP contribution in [0.25, 0.3) is 0 Å². The summed E-state index contributed by atoms with van der Waals surface area (Å²) < 4.78 is 0. The van der Waals surface area contributed by atoms with Crippen molar-refractivity contribution in [3.8, 4) is 0 Å². The third-order valence-corrected chi connectivity index (χ3v) is 5.34. The number of fused-ring (bicyclic) bond motifs is 5. The van der Waals surface area contributed by atoms with Crippen molar-refractivity contribution >= 4 is 5.91 Å². The SMILES string of the molecule is CCN(CC)C(=O)CNC1C2C3CCC(C3)C12. The number of carbonyl (C=O) groups is 1. The van der Waals surface area contributed by atoms with E-state index in [2.05, 4.69) is 5.32 Å². The van der Waals surface area contributed by atoms with Crippen molar-refractivity contribution in [2.24, 2.45) is 23.7 Å². The van der Waals surface area contributed by atoms with Gasteiger partial charge in [0.05, 0.1) is 6.54 Å². The molecule has 3 aliphatic rings. The topological polar surface area (TPSA) is 32.3 Å². The predicted octanol–water partition coefficient (Wildman–Crippen LogP) is 1.49. The molecule has 0 radical (unpaired) electrons. The van der Waals surface area contributed by atoms with Gasteiger partial charge in [-0.05, 0) is 56.8 Å². The molecule has 0 saturated heterocycles. The quantitative estimate of drug-likeness (QED) is 0.784. The summed E-state index contributed by atoms with van der Waals surface area (Å²) in [5.41, 5.74) is 0. The molecule has 1 N–H and O–H groups in total. The Hall–Kier alpha value is -0.570. The van der Waals surface area contributed by atoms with Crippen LogP contribution in [0.15, 0.2) is 0 Å². The summed E-state index contributed by atoms with van der Waals surface area (Å²) in [6.45, 7) is 6.32. The van der Waals surface area contributed by atoms with Crippen molar-refractivity contribution in [1.82, 2.24) is 10.2 Å². The van der Waals surface area contributed by atoms with Crippen LogP contribution in [-0.4, -0.2) is 36.5 Å². The van der Waals surface area contributed by atoms with Crippen LogP contribution in [-0.2, 0) is 4.79 Å². The smallest absolute Gasteiger partial charge is 0.236 e. The molecular formula is C14H24N2O. The van der Waals surface area contributed by atoms with E-state index in [-0.39, 0.29) is 5.91 Å². The number of likely N-dealkylation sites (N-methyl/N-ethyl adjacent to an activating group) is 1. The van der Waals surface area contributed by atoms with Gasteiger partial charge in [-0.25, -0.2) is 0 Å². The van der Waals surface area contributed by atoms with Gasteiger partial charge in [-0.15, -0.1) is 0 Å². The van der Waals surface area contributed by atoms with Crippen LogP contribution in [0, 0.1) is 23.7 Å². The van der Waals surface area contributed by atoms with E-state index >= 15 is 0 Å². The van der Waals surface area contributed by atoms with Gasteiger partial charge in [-0.3, -0.25) is 4.79 Å². The van der Waals surface area contributed by atoms with Crippen LogP contribution in [0.1, 0.15) is 33.1 Å². The third kappa shape index (κ3) is 1.79. The molecule has 3 saturated carbocycles. The number of nitrogens with zero attached hydrogens (tertiary/aromatic N) is 1. The summed E-state index contributed by atoms with van der Waals surface area (Å²) in [6, 6.07) is 0.681. The first-order chi connectivity index (χ1) is 8.26. The molecule has 17 heavy (non-hydrogen) atoms. The van der Waals surface area contributed by atoms with Crippen molar-refractivity contribution in [2.75, 3.05) is 19.6 Å². The molecule has 0 aromatic carbocycles. The van der Waals surface area contributed by atoms with E-state index in [1.165, 1.54) is 19.3 Å². The largest absolute Gasteiger partial charge is 0.342 e. The van der Waals surface area contributed by atoms with Crippen LogP contribution < -0.4 is 5.32 Å². The number of carbonyl (C=O) groups excluding carboxylic acids is 1. The Morgan fingerprint density at radius 2 is 1.76 bits per heavy atom. The highest BCUT2D eigenvalue weighted by Crippen LogP contribution is 2.65. The molecule has 0 aromatic heterocycles. The molecule has 4 unspecified atom stereocenters. The van der Waals surface area contributed by atoms with E-state index in [1.54, 1.807) is 0 Å². The van der Waals surface area contributed by atoms with E-state index in [4.69, 9.17) is 0 Å². The maximum Gasteiger partial charge on any atom is 0.236 e. The van der Waals surface area contributed by atoms with E-state index in [0.717, 1.165) is 36.8 Å². The Morgan fingerprint density at radius 1 is 1.18 bits per heavy atom. The minimum absolute atomic E-state index is 0.271. The maximum absolute atomic E-state index is 11.9. The van der Waals surface area contributed by atoms with Crippen LogP contribution in [0.2, 0.25) is 0 Å². The molecule has 0 spiro atoms. The monoisotopic (exact) mass is 236 g/mol. The van der Waals surface area contributed by atoms with Gasteiger partial charge in [-0.2, -0.15) is 0 Å². The molecule has 0 aromatic rings. The Balaban J connectivity index is 1.46. The van der Waals surface area contributed by atoms with Crippen molar-refractivity contribution in [3.63, 3.8) is 0 Å². The molecule has 4 atom stereocenters. The molecule has 1 amide bonds. The molecule has 0 aliphatic heterocycles. The predicted molar refractivity (Wildman–Crippen MR) is 67.5 cm³/mol. The van der Waals surface area contributed by atoms with Gasteiger partial charge < -0.3 is 10.2 Å². The fourth-order valence-corrected chi connectivity index (χ4v) is 4.49. The summed E-state index contributed by atoms with van der Waals surface area (Å²) >= 11 is 0. The van der Waals surface area contributed by atoms with Crippen LogP contribution in [0.5, 0.6) is 0 Å². The van der Waals surface area contributed by atoms with Gasteiger partial charge in [0, 0.05) is 19.1 Å². The van der Waals surface area contributed by atoms with Gasteiger partial charge in [0.2, 0.25) is 5.91 Å². The molecule has 2 bridgehead atoms. The van der Waals surface area contributed by atoms with Crippen LogP contribution in [0.3, 0.4) is 0 Å². The molecule has 0 heterocycles. The van der Waals surface area contributed by atoms with E-state index in [0.29, 0.717) is 12.6 Å². The maximum atomic E-state index is 11.9. The summed E-state index contributed by atoms with van der Waals surface area (Å²) in [7, 11) is 0. The molecule has 96 valence electrons. The lowest BCUT2D eigenvalue weighted by molar-refractivity contribution is -0.129. The fourth-order valence-electron chi connectivity index (χ4n) is 4.49. The Kier molecular flexibility index (Phi) is 2.89. The number of amides is 1. The Labute approximate surface area is 104 Å². The van der Waals surface area contributed by atoms with Gasteiger partial charge in [0.15, 0.2) is 0 Å². The van der Waals surface area contributed by atoms with Crippen molar-refractivity contribution in [2.45, 2.75) is 39.2 Å². The first-order valence-electron chi connectivity index (χ1n) is 7.27. The lowest BCUT2D eigenvalue weighted by Gasteiger charge is -2.19. The Morgan fingerprint density at radius 3 is 2.29 bits per heavy atom. The van der Waals surface area contributed by atoms with Crippen LogP contribution in [0.4, 0.5) is 0 Å². The molecule has 3 heteroatoms. The average molecular weight is 236 g/mol. The standard InChI is InChI=1S/C14H24N2O/c1-3-16(4-2)11(17)8-15-14-12-9-5-6-10(7-9)13(12)14/h9-10,12-15H,3-8H2,1-2H3. The average Bonchev–Trinajstić information content (AvgIpc) is 2.72. The highest BCUT2D eigenvalue weighted by Gasteiger charge is 2.64. The van der Waals surface area contributed by atoms with Gasteiger partial charge >= 0.3 is 0 Å². The van der Waals surface area contributed by atoms with E-state index in [9.17, 15) is 4.79 Å². The zero-order chi connectivity index (χ0) is 12.0. The second-order valence-corrected chi connectivity index (χ2v) is 5.96. The number of hydrogen-bond donors (Lipinski definition) is 1. The van der Waals surface area contributed by atoms with Gasteiger partial charge in [0.25, 0.3) is 0 Å². The zero-order valence-corrected chi connectivity index (χ0v) is 11.0. The number of rotatable bonds is 5. The zero-order valence-electron chi connectivity index (χ0n) is 11.0. The molecule has 3 fully saturated rings. The molecular weight excluding hydrogens is 212 g/mol. The summed E-state index contributed by atoms with van der Waals surface area (Å²) in [4.78, 5) is 13.8. The van der Waals surface area contributed by atoms with Crippen molar-refractivity contribution in [1.29, 1.82) is 0 Å². The summed E-state index contributed by atoms with van der Waals surface area (Å²) in [5.74, 6) is 4.11. The Bertz CT molecular complexity index is 297. The highest BCUT2D eigenvalue weighted by molar-refractivity contribution is 5.78. The minimum Gasteiger partial charge on any atom is -0.342 e. The highest BCUT2D eigenvalue weighted by atomic mass is 16.2. The van der Waals surface area contributed by atoms with Gasteiger partial charge in [-0.1, -0.05) is 0 Å². The molecule has 3 rings (SSSR count). The van der Waals surface area contributed by atoms with Gasteiger partial charge in [0.1, 0.15) is 0 Å². The first kappa shape index (κ1) is 11.5. The number of hydrogen-bond acceptors (Lipinski definition) is 2. The lowest BCUT2D eigenvalue weighted by Crippen LogP contribution is -2.39. The van der Waals surface area contributed by atoms with Crippen molar-refractivity contribution < 1.29 is 4.79 Å². The van der Waals surface area contributed by atoms with E-state index in [1.807, 2.05) is 18.7 Å². The normalized spacial score (nSPS) is 41.4. The van der Waals surface area contributed by atoms with Crippen molar-refractivity contribution in [3.05, 3.63) is 0 Å². The van der Waals surface area contributed by atoms with Crippen LogP contribution >= 0.6 is 0 Å².